The first-order valence-electron chi connectivity index (χ1n) is 2.08. The van der Waals surface area contributed by atoms with Crippen LogP contribution in [0.15, 0.2) is 0 Å². The fourth-order valence-electron chi connectivity index (χ4n) is 0.204. The molecule has 0 fully saturated rings. The van der Waals surface area contributed by atoms with Crippen molar-refractivity contribution >= 4 is 22.7 Å². The highest BCUT2D eigenvalue weighted by Gasteiger charge is 1.98. The SMILES string of the molecule is NC(CCCl)S(=O)[O-]. The van der Waals surface area contributed by atoms with E-state index < -0.39 is 16.5 Å². The van der Waals surface area contributed by atoms with Crippen LogP contribution in [0.25, 0.3) is 0 Å². The van der Waals surface area contributed by atoms with Gasteiger partial charge in [-0.15, -0.1) is 11.6 Å². The molecule has 8 heavy (non-hydrogen) atoms. The van der Waals surface area contributed by atoms with Crippen LogP contribution < -0.4 is 5.73 Å². The third kappa shape index (κ3) is 3.37. The number of alkyl halides is 1. The Labute approximate surface area is 55.5 Å². The molecule has 3 nitrogen and oxygen atoms in total. The number of hydrogen-bond acceptors (Lipinski definition) is 3. The topological polar surface area (TPSA) is 66.2 Å². The third-order valence-electron chi connectivity index (χ3n) is 0.641. The van der Waals surface area contributed by atoms with E-state index in [0.29, 0.717) is 6.42 Å². The van der Waals surface area contributed by atoms with Gasteiger partial charge in [-0.1, -0.05) is 0 Å². The Morgan fingerprint density at radius 1 is 1.88 bits per heavy atom. The average molecular weight is 157 g/mol. The monoisotopic (exact) mass is 156 g/mol. The van der Waals surface area contributed by atoms with E-state index in [-0.39, 0.29) is 5.88 Å². The molecule has 50 valence electrons. The van der Waals surface area contributed by atoms with Gasteiger partial charge in [0.2, 0.25) is 0 Å². The van der Waals surface area contributed by atoms with Gasteiger partial charge in [-0.2, -0.15) is 0 Å². The maximum Gasteiger partial charge on any atom is 0.0688 e. The maximum atomic E-state index is 9.91. The van der Waals surface area contributed by atoms with Crippen molar-refractivity contribution in [3.63, 3.8) is 0 Å². The highest BCUT2D eigenvalue weighted by Crippen LogP contribution is 1.92. The minimum atomic E-state index is -2.17. The Balaban J connectivity index is 3.32. The van der Waals surface area contributed by atoms with Gasteiger partial charge in [-0.05, 0) is 17.5 Å². The second-order valence-corrected chi connectivity index (χ2v) is 2.78. The van der Waals surface area contributed by atoms with Crippen LogP contribution in [0.5, 0.6) is 0 Å². The fourth-order valence-corrected chi connectivity index (χ4v) is 0.879. The minimum absolute atomic E-state index is 0.287. The summed E-state index contributed by atoms with van der Waals surface area (Å²) in [4.78, 5) is 0. The molecule has 2 unspecified atom stereocenters. The van der Waals surface area contributed by atoms with Crippen molar-refractivity contribution < 1.29 is 8.76 Å². The van der Waals surface area contributed by atoms with E-state index in [0.717, 1.165) is 0 Å². The van der Waals surface area contributed by atoms with Crippen LogP contribution in [0.3, 0.4) is 0 Å². The molecular formula is C3H7ClNO2S-. The minimum Gasteiger partial charge on any atom is -0.771 e. The Bertz CT molecular complexity index is 89.4. The van der Waals surface area contributed by atoms with Gasteiger partial charge in [0.1, 0.15) is 0 Å². The van der Waals surface area contributed by atoms with E-state index in [4.69, 9.17) is 17.3 Å². The van der Waals surface area contributed by atoms with Crippen molar-refractivity contribution in [2.75, 3.05) is 5.88 Å². The summed E-state index contributed by atoms with van der Waals surface area (Å²) in [6.07, 6.45) is 0.317. The Hall–Kier alpha value is 0.360. The van der Waals surface area contributed by atoms with Crippen molar-refractivity contribution in [3.8, 4) is 0 Å². The van der Waals surface area contributed by atoms with Gasteiger partial charge in [0.05, 0.1) is 5.37 Å². The van der Waals surface area contributed by atoms with Gasteiger partial charge in [-0.3, -0.25) is 4.21 Å². The van der Waals surface area contributed by atoms with Crippen molar-refractivity contribution in [1.29, 1.82) is 0 Å². The molecule has 5 heteroatoms. The molecule has 0 radical (unpaired) electrons. The van der Waals surface area contributed by atoms with Crippen LogP contribution in [-0.2, 0) is 11.1 Å². The molecule has 0 saturated heterocycles. The quantitative estimate of drug-likeness (QED) is 0.454. The smallest absolute Gasteiger partial charge is 0.0688 e. The van der Waals surface area contributed by atoms with Crippen LogP contribution in [0.4, 0.5) is 0 Å². The third-order valence-corrected chi connectivity index (χ3v) is 1.59. The molecule has 0 aromatic heterocycles. The molecule has 0 aromatic rings. The average Bonchev–Trinajstić information content (AvgIpc) is 1.67. The summed E-state index contributed by atoms with van der Waals surface area (Å²) in [7, 11) is 0. The summed E-state index contributed by atoms with van der Waals surface area (Å²) >= 11 is 3.02. The maximum absolute atomic E-state index is 9.91. The van der Waals surface area contributed by atoms with Crippen molar-refractivity contribution in [1.82, 2.24) is 0 Å². The molecular weight excluding hydrogens is 150 g/mol. The summed E-state index contributed by atoms with van der Waals surface area (Å²) in [5.74, 6) is 0.287. The van der Waals surface area contributed by atoms with Crippen molar-refractivity contribution in [3.05, 3.63) is 0 Å². The lowest BCUT2D eigenvalue weighted by molar-refractivity contribution is 0.520. The highest BCUT2D eigenvalue weighted by molar-refractivity contribution is 7.79. The molecule has 0 bridgehead atoms. The van der Waals surface area contributed by atoms with Crippen LogP contribution in [0.2, 0.25) is 0 Å². The molecule has 0 amide bonds. The molecule has 2 N–H and O–H groups in total. The van der Waals surface area contributed by atoms with E-state index in [2.05, 4.69) is 0 Å². The molecule has 2 atom stereocenters. The number of nitrogens with two attached hydrogens (primary N) is 1. The Kier molecular flexibility index (Phi) is 4.45. The molecule has 0 aliphatic rings. The fraction of sp³-hybridized carbons (Fsp3) is 1.00. The summed E-state index contributed by atoms with van der Waals surface area (Å²) in [6.45, 7) is 0. The zero-order valence-electron chi connectivity index (χ0n) is 4.17. The van der Waals surface area contributed by atoms with E-state index >= 15 is 0 Å². The largest absolute Gasteiger partial charge is 0.771 e. The molecule has 0 aliphatic carbocycles. The molecule has 0 heterocycles. The van der Waals surface area contributed by atoms with Crippen LogP contribution in [0.1, 0.15) is 6.42 Å². The van der Waals surface area contributed by atoms with Gasteiger partial charge >= 0.3 is 0 Å². The predicted octanol–water partition coefficient (Wildman–Crippen LogP) is -0.221. The Morgan fingerprint density at radius 2 is 2.38 bits per heavy atom. The lowest BCUT2D eigenvalue weighted by Crippen LogP contribution is -2.25. The lowest BCUT2D eigenvalue weighted by atomic mass is 10.5. The number of hydrogen-bond donors (Lipinski definition) is 1. The first-order chi connectivity index (χ1) is 3.68. The summed E-state index contributed by atoms with van der Waals surface area (Å²) in [6, 6.07) is 0. The standard InChI is InChI=1S/C3H8ClNO2S/c4-2-1-3(5)8(6)7/h3H,1-2,5H2,(H,6,7)/p-1. The molecule has 0 spiro atoms. The van der Waals surface area contributed by atoms with Gasteiger partial charge in [0, 0.05) is 5.88 Å². The van der Waals surface area contributed by atoms with E-state index in [1.807, 2.05) is 0 Å². The van der Waals surface area contributed by atoms with Gasteiger partial charge < -0.3 is 10.3 Å². The van der Waals surface area contributed by atoms with Crippen molar-refractivity contribution in [2.45, 2.75) is 11.8 Å². The zero-order valence-corrected chi connectivity index (χ0v) is 5.74. The highest BCUT2D eigenvalue weighted by atomic mass is 35.5. The summed E-state index contributed by atoms with van der Waals surface area (Å²) in [5, 5.41) is -0.799. The van der Waals surface area contributed by atoms with E-state index in [1.165, 1.54) is 0 Å². The van der Waals surface area contributed by atoms with E-state index in [1.54, 1.807) is 0 Å². The zero-order chi connectivity index (χ0) is 6.57. The molecule has 0 rings (SSSR count). The normalized spacial score (nSPS) is 17.9. The molecule has 0 aromatic carbocycles. The van der Waals surface area contributed by atoms with Crippen molar-refractivity contribution in [2.24, 2.45) is 5.73 Å². The first-order valence-corrected chi connectivity index (χ1v) is 3.75. The second kappa shape index (κ2) is 4.26. The predicted molar refractivity (Wildman–Crippen MR) is 32.2 cm³/mol. The summed E-state index contributed by atoms with van der Waals surface area (Å²) in [5.41, 5.74) is 5.03. The van der Waals surface area contributed by atoms with Gasteiger partial charge in [0.15, 0.2) is 0 Å². The van der Waals surface area contributed by atoms with Gasteiger partial charge in [-0.25, -0.2) is 0 Å². The molecule has 0 aliphatic heterocycles. The lowest BCUT2D eigenvalue weighted by Gasteiger charge is -2.11. The summed E-state index contributed by atoms with van der Waals surface area (Å²) < 4.78 is 19.8. The number of halogens is 1. The van der Waals surface area contributed by atoms with Crippen LogP contribution in [0, 0.1) is 0 Å². The second-order valence-electron chi connectivity index (χ2n) is 1.28. The van der Waals surface area contributed by atoms with Crippen LogP contribution >= 0.6 is 11.6 Å². The first kappa shape index (κ1) is 8.36. The van der Waals surface area contributed by atoms with Gasteiger partial charge in [0.25, 0.3) is 0 Å². The Morgan fingerprint density at radius 3 is 2.50 bits per heavy atom. The van der Waals surface area contributed by atoms with Crippen LogP contribution in [-0.4, -0.2) is 20.0 Å². The number of rotatable bonds is 3. The van der Waals surface area contributed by atoms with E-state index in [9.17, 15) is 8.76 Å². The molecule has 0 saturated carbocycles.